The van der Waals surface area contributed by atoms with E-state index < -0.39 is 0 Å². The minimum atomic E-state index is -0.0807. The van der Waals surface area contributed by atoms with E-state index in [1.165, 1.54) is 6.20 Å². The van der Waals surface area contributed by atoms with E-state index in [2.05, 4.69) is 22.2 Å². The van der Waals surface area contributed by atoms with Crippen LogP contribution in [0.15, 0.2) is 12.4 Å². The summed E-state index contributed by atoms with van der Waals surface area (Å²) in [6.45, 7) is 6.65. The summed E-state index contributed by atoms with van der Waals surface area (Å²) in [5.74, 6) is 0.566. The lowest BCUT2D eigenvalue weighted by Crippen LogP contribution is -2.44. The second-order valence-corrected chi connectivity index (χ2v) is 4.65. The SMILES string of the molecule is CCCNc1cncc(C(=O)N2CCOC(C)C2)n1. The number of hydrogen-bond acceptors (Lipinski definition) is 5. The second kappa shape index (κ2) is 6.47. The van der Waals surface area contributed by atoms with Gasteiger partial charge in [0.15, 0.2) is 0 Å². The predicted molar refractivity (Wildman–Crippen MR) is 72.1 cm³/mol. The van der Waals surface area contributed by atoms with Gasteiger partial charge in [-0.3, -0.25) is 9.78 Å². The molecule has 2 rings (SSSR count). The number of nitrogens with zero attached hydrogens (tertiary/aromatic N) is 3. The predicted octanol–water partition coefficient (Wildman–Crippen LogP) is 1.16. The molecule has 0 radical (unpaired) electrons. The molecule has 104 valence electrons. The molecule has 1 unspecified atom stereocenters. The number of morpholine rings is 1. The van der Waals surface area contributed by atoms with Gasteiger partial charge in [0.05, 0.1) is 25.1 Å². The van der Waals surface area contributed by atoms with Crippen LogP contribution in [0.3, 0.4) is 0 Å². The molecule has 1 aromatic heterocycles. The van der Waals surface area contributed by atoms with Crippen LogP contribution in [0.5, 0.6) is 0 Å². The highest BCUT2D eigenvalue weighted by Gasteiger charge is 2.23. The molecule has 0 bridgehead atoms. The number of rotatable bonds is 4. The summed E-state index contributed by atoms with van der Waals surface area (Å²) in [5, 5.41) is 3.13. The first-order valence-corrected chi connectivity index (χ1v) is 6.67. The van der Waals surface area contributed by atoms with Crippen LogP contribution in [-0.4, -0.2) is 53.1 Å². The van der Waals surface area contributed by atoms with Crippen LogP contribution in [0.25, 0.3) is 0 Å². The van der Waals surface area contributed by atoms with Crippen molar-refractivity contribution < 1.29 is 9.53 Å². The van der Waals surface area contributed by atoms with Crippen molar-refractivity contribution in [1.82, 2.24) is 14.9 Å². The van der Waals surface area contributed by atoms with Gasteiger partial charge in [-0.1, -0.05) is 6.92 Å². The number of carbonyl (C=O) groups excluding carboxylic acids is 1. The van der Waals surface area contributed by atoms with Gasteiger partial charge in [-0.25, -0.2) is 4.98 Å². The van der Waals surface area contributed by atoms with Crippen LogP contribution in [0.1, 0.15) is 30.8 Å². The minimum absolute atomic E-state index is 0.0760. The molecule has 1 aliphatic rings. The zero-order valence-corrected chi connectivity index (χ0v) is 11.4. The van der Waals surface area contributed by atoms with Gasteiger partial charge >= 0.3 is 0 Å². The first-order valence-electron chi connectivity index (χ1n) is 6.67. The Bertz CT molecular complexity index is 438. The standard InChI is InChI=1S/C13H20N4O2/c1-3-4-15-12-8-14-7-11(16-12)13(18)17-5-6-19-10(2)9-17/h7-8,10H,3-6,9H2,1-2H3,(H,15,16). The molecule has 1 saturated heterocycles. The van der Waals surface area contributed by atoms with Crippen molar-refractivity contribution in [2.75, 3.05) is 31.6 Å². The Hall–Kier alpha value is -1.69. The van der Waals surface area contributed by atoms with Crippen molar-refractivity contribution in [2.24, 2.45) is 0 Å². The Morgan fingerprint density at radius 2 is 2.42 bits per heavy atom. The molecule has 1 fully saturated rings. The van der Waals surface area contributed by atoms with Gasteiger partial charge in [0.2, 0.25) is 0 Å². The number of anilines is 1. The van der Waals surface area contributed by atoms with Gasteiger partial charge in [0.1, 0.15) is 11.5 Å². The van der Waals surface area contributed by atoms with Gasteiger partial charge in [-0.15, -0.1) is 0 Å². The van der Waals surface area contributed by atoms with E-state index in [9.17, 15) is 4.79 Å². The second-order valence-electron chi connectivity index (χ2n) is 4.65. The maximum absolute atomic E-state index is 12.3. The van der Waals surface area contributed by atoms with Crippen molar-refractivity contribution in [2.45, 2.75) is 26.4 Å². The average molecular weight is 264 g/mol. The minimum Gasteiger partial charge on any atom is -0.375 e. The fraction of sp³-hybridized carbons (Fsp3) is 0.615. The van der Waals surface area contributed by atoms with Gasteiger partial charge in [0.25, 0.3) is 5.91 Å². The van der Waals surface area contributed by atoms with E-state index in [-0.39, 0.29) is 12.0 Å². The molecule has 0 aromatic carbocycles. The maximum atomic E-state index is 12.3. The number of hydrogen-bond donors (Lipinski definition) is 1. The molecule has 0 saturated carbocycles. The Labute approximate surface area is 113 Å². The van der Waals surface area contributed by atoms with Crippen LogP contribution in [0.4, 0.5) is 5.82 Å². The van der Waals surface area contributed by atoms with Crippen LogP contribution < -0.4 is 5.32 Å². The average Bonchev–Trinajstić information content (AvgIpc) is 2.44. The Morgan fingerprint density at radius 3 is 3.16 bits per heavy atom. The van der Waals surface area contributed by atoms with Gasteiger partial charge in [0, 0.05) is 19.6 Å². The summed E-state index contributed by atoms with van der Waals surface area (Å²) in [7, 11) is 0. The highest BCUT2D eigenvalue weighted by Crippen LogP contribution is 2.10. The number of aromatic nitrogens is 2. The van der Waals surface area contributed by atoms with Gasteiger partial charge < -0.3 is 15.0 Å². The van der Waals surface area contributed by atoms with Crippen LogP contribution in [-0.2, 0) is 4.74 Å². The first-order chi connectivity index (χ1) is 9.20. The Balaban J connectivity index is 2.05. The number of nitrogens with one attached hydrogen (secondary N) is 1. The van der Waals surface area contributed by atoms with Crippen molar-refractivity contribution in [3.8, 4) is 0 Å². The summed E-state index contributed by atoms with van der Waals surface area (Å²) >= 11 is 0. The topological polar surface area (TPSA) is 67.4 Å². The molecule has 6 nitrogen and oxygen atoms in total. The van der Waals surface area contributed by atoms with Crippen molar-refractivity contribution in [1.29, 1.82) is 0 Å². The number of carbonyl (C=O) groups is 1. The van der Waals surface area contributed by atoms with Gasteiger partial charge in [-0.2, -0.15) is 0 Å². The third-order valence-corrected chi connectivity index (χ3v) is 2.94. The molecule has 19 heavy (non-hydrogen) atoms. The van der Waals surface area contributed by atoms with E-state index >= 15 is 0 Å². The highest BCUT2D eigenvalue weighted by atomic mass is 16.5. The van der Waals surface area contributed by atoms with Crippen molar-refractivity contribution >= 4 is 11.7 Å². The zero-order chi connectivity index (χ0) is 13.7. The molecule has 1 amide bonds. The Morgan fingerprint density at radius 1 is 1.58 bits per heavy atom. The van der Waals surface area contributed by atoms with Crippen LogP contribution in [0, 0.1) is 0 Å². The smallest absolute Gasteiger partial charge is 0.274 e. The number of amides is 1. The summed E-state index contributed by atoms with van der Waals surface area (Å²) in [6, 6.07) is 0. The lowest BCUT2D eigenvalue weighted by molar-refractivity contribution is -0.0126. The van der Waals surface area contributed by atoms with Crippen LogP contribution >= 0.6 is 0 Å². The Kier molecular flexibility index (Phi) is 4.68. The van der Waals surface area contributed by atoms with E-state index in [0.29, 0.717) is 31.2 Å². The van der Waals surface area contributed by atoms with E-state index in [0.717, 1.165) is 13.0 Å². The highest BCUT2D eigenvalue weighted by molar-refractivity contribution is 5.92. The summed E-state index contributed by atoms with van der Waals surface area (Å²) < 4.78 is 5.43. The molecular weight excluding hydrogens is 244 g/mol. The quantitative estimate of drug-likeness (QED) is 0.884. The lowest BCUT2D eigenvalue weighted by atomic mass is 10.2. The summed E-state index contributed by atoms with van der Waals surface area (Å²) in [6.07, 6.45) is 4.22. The molecule has 1 aromatic rings. The fourth-order valence-electron chi connectivity index (χ4n) is 1.97. The summed E-state index contributed by atoms with van der Waals surface area (Å²) in [4.78, 5) is 22.5. The summed E-state index contributed by atoms with van der Waals surface area (Å²) in [5.41, 5.74) is 0.384. The number of ether oxygens (including phenoxy) is 1. The zero-order valence-electron chi connectivity index (χ0n) is 11.4. The molecule has 1 N–H and O–H groups in total. The molecule has 1 aliphatic heterocycles. The molecular formula is C13H20N4O2. The van der Waals surface area contributed by atoms with Gasteiger partial charge in [-0.05, 0) is 13.3 Å². The normalized spacial score (nSPS) is 19.3. The molecule has 0 aliphatic carbocycles. The molecule has 1 atom stereocenters. The monoisotopic (exact) mass is 264 g/mol. The van der Waals surface area contributed by atoms with Crippen molar-refractivity contribution in [3.63, 3.8) is 0 Å². The maximum Gasteiger partial charge on any atom is 0.274 e. The van der Waals surface area contributed by atoms with E-state index in [4.69, 9.17) is 4.74 Å². The van der Waals surface area contributed by atoms with E-state index in [1.807, 2.05) is 6.92 Å². The molecule has 6 heteroatoms. The van der Waals surface area contributed by atoms with Crippen molar-refractivity contribution in [3.05, 3.63) is 18.1 Å². The largest absolute Gasteiger partial charge is 0.375 e. The lowest BCUT2D eigenvalue weighted by Gasteiger charge is -2.30. The third-order valence-electron chi connectivity index (χ3n) is 2.94. The van der Waals surface area contributed by atoms with Crippen LogP contribution in [0.2, 0.25) is 0 Å². The molecule has 0 spiro atoms. The van der Waals surface area contributed by atoms with E-state index in [1.54, 1.807) is 11.1 Å². The fourth-order valence-corrected chi connectivity index (χ4v) is 1.97. The molecule has 2 heterocycles. The third kappa shape index (κ3) is 3.64. The first kappa shape index (κ1) is 13.7.